The topological polar surface area (TPSA) is 51.8 Å². The van der Waals surface area contributed by atoms with Gasteiger partial charge >= 0.3 is 0 Å². The lowest BCUT2D eigenvalue weighted by atomic mass is 9.99. The predicted molar refractivity (Wildman–Crippen MR) is 93.8 cm³/mol. The lowest BCUT2D eigenvalue weighted by molar-refractivity contribution is 0.628. The number of rotatable bonds is 5. The van der Waals surface area contributed by atoms with Crippen molar-refractivity contribution in [2.45, 2.75) is 26.2 Å². The fourth-order valence-electron chi connectivity index (χ4n) is 2.56. The van der Waals surface area contributed by atoms with E-state index in [9.17, 15) is 4.39 Å². The second-order valence-corrected chi connectivity index (χ2v) is 6.29. The molecule has 2 N–H and O–H groups in total. The fraction of sp³-hybridized carbons (Fsp3) is 0.222. The minimum absolute atomic E-state index is 0.243. The number of thiophene rings is 1. The van der Waals surface area contributed by atoms with Crippen LogP contribution in [0, 0.1) is 5.82 Å². The molecule has 5 heteroatoms. The summed E-state index contributed by atoms with van der Waals surface area (Å²) in [5.74, 6) is -0.0164. The molecule has 118 valence electrons. The molecule has 0 amide bonds. The summed E-state index contributed by atoms with van der Waals surface area (Å²) in [4.78, 5) is 10.00. The van der Waals surface area contributed by atoms with Gasteiger partial charge in [0.2, 0.25) is 5.95 Å². The third kappa shape index (κ3) is 3.40. The van der Waals surface area contributed by atoms with Crippen LogP contribution in [0.15, 0.2) is 41.8 Å². The number of hydrogen-bond donors (Lipinski definition) is 1. The smallest absolute Gasteiger partial charge is 0.221 e. The van der Waals surface area contributed by atoms with Crippen molar-refractivity contribution in [1.82, 2.24) is 9.97 Å². The molecular formula is C18H18FN3S. The van der Waals surface area contributed by atoms with Gasteiger partial charge in [-0.1, -0.05) is 19.4 Å². The van der Waals surface area contributed by atoms with Crippen molar-refractivity contribution < 1.29 is 4.39 Å². The quantitative estimate of drug-likeness (QED) is 0.722. The molecule has 0 saturated heterocycles. The first-order chi connectivity index (χ1) is 11.2. The first kappa shape index (κ1) is 15.6. The molecule has 0 bridgehead atoms. The molecule has 23 heavy (non-hydrogen) atoms. The van der Waals surface area contributed by atoms with Crippen LogP contribution in [0.3, 0.4) is 0 Å². The Morgan fingerprint density at radius 2 is 1.83 bits per heavy atom. The van der Waals surface area contributed by atoms with E-state index in [0.717, 1.165) is 46.7 Å². The summed E-state index contributed by atoms with van der Waals surface area (Å²) < 4.78 is 13.2. The van der Waals surface area contributed by atoms with Crippen LogP contribution in [-0.4, -0.2) is 9.97 Å². The third-order valence-corrected chi connectivity index (χ3v) is 4.55. The van der Waals surface area contributed by atoms with Crippen LogP contribution < -0.4 is 5.73 Å². The van der Waals surface area contributed by atoms with Crippen LogP contribution in [0.4, 0.5) is 10.3 Å². The summed E-state index contributed by atoms with van der Waals surface area (Å²) in [5.41, 5.74) is 9.57. The standard InChI is InChI=1S/C18H18FN3S/c1-2-3-5-14-16(12-7-9-13(19)10-8-12)21-18(20)22-17(14)15-6-4-11-23-15/h4,6-11H,2-3,5H2,1H3,(H2,20,21,22). The second kappa shape index (κ2) is 6.87. The number of aromatic nitrogens is 2. The molecule has 0 saturated carbocycles. The molecule has 0 atom stereocenters. The number of anilines is 1. The van der Waals surface area contributed by atoms with Crippen molar-refractivity contribution in [3.63, 3.8) is 0 Å². The van der Waals surface area contributed by atoms with Crippen molar-refractivity contribution in [3.8, 4) is 21.8 Å². The normalized spacial score (nSPS) is 10.9. The maximum atomic E-state index is 13.2. The Hall–Kier alpha value is -2.27. The third-order valence-electron chi connectivity index (χ3n) is 3.68. The average Bonchev–Trinajstić information content (AvgIpc) is 3.08. The molecule has 1 aromatic carbocycles. The number of hydrogen-bond acceptors (Lipinski definition) is 4. The first-order valence-electron chi connectivity index (χ1n) is 7.65. The van der Waals surface area contributed by atoms with Gasteiger partial charge in [0.05, 0.1) is 16.3 Å². The summed E-state index contributed by atoms with van der Waals surface area (Å²) in [7, 11) is 0. The zero-order valence-electron chi connectivity index (χ0n) is 12.9. The molecule has 2 heterocycles. The van der Waals surface area contributed by atoms with E-state index in [-0.39, 0.29) is 11.8 Å². The fourth-order valence-corrected chi connectivity index (χ4v) is 3.30. The number of nitrogens with two attached hydrogens (primary N) is 1. The maximum absolute atomic E-state index is 13.2. The Morgan fingerprint density at radius 1 is 1.09 bits per heavy atom. The van der Waals surface area contributed by atoms with Crippen LogP contribution in [0.2, 0.25) is 0 Å². The van der Waals surface area contributed by atoms with Gasteiger partial charge in [-0.25, -0.2) is 14.4 Å². The van der Waals surface area contributed by atoms with E-state index in [4.69, 9.17) is 5.73 Å². The van der Waals surface area contributed by atoms with E-state index in [1.54, 1.807) is 23.5 Å². The highest BCUT2D eigenvalue weighted by molar-refractivity contribution is 7.13. The van der Waals surface area contributed by atoms with Gasteiger partial charge in [0, 0.05) is 11.1 Å². The summed E-state index contributed by atoms with van der Waals surface area (Å²) in [6, 6.07) is 10.4. The van der Waals surface area contributed by atoms with Crippen LogP contribution >= 0.6 is 11.3 Å². The van der Waals surface area contributed by atoms with Crippen molar-refractivity contribution >= 4 is 17.3 Å². The lowest BCUT2D eigenvalue weighted by Gasteiger charge is -2.13. The van der Waals surface area contributed by atoms with Gasteiger partial charge in [-0.3, -0.25) is 0 Å². The number of benzene rings is 1. The van der Waals surface area contributed by atoms with E-state index in [0.29, 0.717) is 0 Å². The minimum atomic E-state index is -0.260. The van der Waals surface area contributed by atoms with Gasteiger partial charge in [0.1, 0.15) is 5.82 Å². The zero-order chi connectivity index (χ0) is 16.2. The molecule has 0 radical (unpaired) electrons. The van der Waals surface area contributed by atoms with E-state index in [1.165, 1.54) is 12.1 Å². The monoisotopic (exact) mass is 327 g/mol. The predicted octanol–water partition coefficient (Wildman–Crippen LogP) is 4.94. The molecule has 0 aliphatic carbocycles. The molecule has 3 aromatic rings. The number of nitrogens with zero attached hydrogens (tertiary/aromatic N) is 2. The van der Waals surface area contributed by atoms with Crippen molar-refractivity contribution in [2.24, 2.45) is 0 Å². The summed E-state index contributed by atoms with van der Waals surface area (Å²) in [6.07, 6.45) is 2.99. The first-order valence-corrected chi connectivity index (χ1v) is 8.53. The highest BCUT2D eigenvalue weighted by Crippen LogP contribution is 2.34. The van der Waals surface area contributed by atoms with Crippen LogP contribution in [0.1, 0.15) is 25.3 Å². The highest BCUT2D eigenvalue weighted by atomic mass is 32.1. The van der Waals surface area contributed by atoms with Crippen molar-refractivity contribution in [3.05, 3.63) is 53.2 Å². The van der Waals surface area contributed by atoms with Gasteiger partial charge in [0.15, 0.2) is 0 Å². The van der Waals surface area contributed by atoms with Crippen LogP contribution in [-0.2, 0) is 6.42 Å². The number of nitrogen functional groups attached to an aromatic ring is 1. The molecule has 3 rings (SSSR count). The van der Waals surface area contributed by atoms with E-state index in [2.05, 4.69) is 16.9 Å². The molecule has 0 spiro atoms. The molecular weight excluding hydrogens is 309 g/mol. The van der Waals surface area contributed by atoms with Gasteiger partial charge in [-0.05, 0) is 48.6 Å². The SMILES string of the molecule is CCCCc1c(-c2ccc(F)cc2)nc(N)nc1-c1cccs1. The summed E-state index contributed by atoms with van der Waals surface area (Å²) >= 11 is 1.63. The van der Waals surface area contributed by atoms with Crippen molar-refractivity contribution in [1.29, 1.82) is 0 Å². The van der Waals surface area contributed by atoms with Gasteiger partial charge in [-0.2, -0.15) is 0 Å². The molecule has 0 unspecified atom stereocenters. The van der Waals surface area contributed by atoms with E-state index in [1.807, 2.05) is 17.5 Å². The Balaban J connectivity index is 2.19. The Bertz CT molecular complexity index is 783. The van der Waals surface area contributed by atoms with Crippen LogP contribution in [0.5, 0.6) is 0 Å². The summed E-state index contributed by atoms with van der Waals surface area (Å²) in [6.45, 7) is 2.15. The van der Waals surface area contributed by atoms with E-state index >= 15 is 0 Å². The summed E-state index contributed by atoms with van der Waals surface area (Å²) in [5, 5.41) is 2.02. The second-order valence-electron chi connectivity index (χ2n) is 5.35. The van der Waals surface area contributed by atoms with Gasteiger partial charge in [0.25, 0.3) is 0 Å². The molecule has 0 aliphatic heterocycles. The highest BCUT2D eigenvalue weighted by Gasteiger charge is 2.17. The molecule has 0 fully saturated rings. The molecule has 3 nitrogen and oxygen atoms in total. The van der Waals surface area contributed by atoms with Gasteiger partial charge in [-0.15, -0.1) is 11.3 Å². The molecule has 2 aromatic heterocycles. The lowest BCUT2D eigenvalue weighted by Crippen LogP contribution is -2.05. The minimum Gasteiger partial charge on any atom is -0.368 e. The average molecular weight is 327 g/mol. The zero-order valence-corrected chi connectivity index (χ0v) is 13.7. The largest absolute Gasteiger partial charge is 0.368 e. The molecule has 0 aliphatic rings. The Kier molecular flexibility index (Phi) is 4.67. The van der Waals surface area contributed by atoms with Crippen LogP contribution in [0.25, 0.3) is 21.8 Å². The van der Waals surface area contributed by atoms with Crippen molar-refractivity contribution in [2.75, 3.05) is 5.73 Å². The number of halogens is 1. The van der Waals surface area contributed by atoms with Gasteiger partial charge < -0.3 is 5.73 Å². The maximum Gasteiger partial charge on any atom is 0.221 e. The van der Waals surface area contributed by atoms with E-state index < -0.39 is 0 Å². The Morgan fingerprint density at radius 3 is 2.48 bits per heavy atom. The number of unbranched alkanes of at least 4 members (excludes halogenated alkanes) is 1. The Labute approximate surface area is 139 Å².